The van der Waals surface area contributed by atoms with Crippen LogP contribution in [0, 0.1) is 0 Å². The number of carbonyl (C=O) groups excluding carboxylic acids is 1. The maximum absolute atomic E-state index is 11.3. The second-order valence-corrected chi connectivity index (χ2v) is 5.48. The highest BCUT2D eigenvalue weighted by Crippen LogP contribution is 2.37. The Morgan fingerprint density at radius 3 is 2.12 bits per heavy atom. The molecule has 0 aromatic carbocycles. The first-order valence-corrected chi connectivity index (χ1v) is 6.76. The standard InChI is InChI=1S/C13H24N2O/c14-12(16)11-13(7-3-1-4-8-13)15-9-5-2-6-10-15/h1-11H2,(H2,14,16). The number of nitrogens with two attached hydrogens (primary N) is 1. The highest BCUT2D eigenvalue weighted by molar-refractivity contribution is 5.75. The van der Waals surface area contributed by atoms with Gasteiger partial charge in [0.2, 0.25) is 5.91 Å². The van der Waals surface area contributed by atoms with Crippen molar-refractivity contribution in [3.8, 4) is 0 Å². The monoisotopic (exact) mass is 224 g/mol. The number of amides is 1. The van der Waals surface area contributed by atoms with Crippen LogP contribution in [0.4, 0.5) is 0 Å². The minimum atomic E-state index is -0.118. The van der Waals surface area contributed by atoms with Crippen LogP contribution >= 0.6 is 0 Å². The van der Waals surface area contributed by atoms with Gasteiger partial charge in [0.1, 0.15) is 0 Å². The van der Waals surface area contributed by atoms with E-state index in [1.54, 1.807) is 0 Å². The lowest BCUT2D eigenvalue weighted by molar-refractivity contribution is -0.122. The molecule has 0 aromatic heterocycles. The maximum Gasteiger partial charge on any atom is 0.219 e. The molecular formula is C13H24N2O. The van der Waals surface area contributed by atoms with E-state index in [0.29, 0.717) is 6.42 Å². The zero-order valence-corrected chi connectivity index (χ0v) is 10.2. The van der Waals surface area contributed by atoms with Crippen LogP contribution in [0.25, 0.3) is 0 Å². The summed E-state index contributed by atoms with van der Waals surface area (Å²) in [5.74, 6) is -0.118. The fourth-order valence-corrected chi connectivity index (χ4v) is 3.51. The second kappa shape index (κ2) is 5.17. The van der Waals surface area contributed by atoms with Gasteiger partial charge in [-0.3, -0.25) is 9.69 Å². The average molecular weight is 224 g/mol. The molecule has 0 aromatic rings. The molecule has 92 valence electrons. The maximum atomic E-state index is 11.3. The zero-order chi connectivity index (χ0) is 11.4. The number of rotatable bonds is 3. The summed E-state index contributed by atoms with van der Waals surface area (Å²) in [7, 11) is 0. The third-order valence-corrected chi connectivity index (χ3v) is 4.31. The van der Waals surface area contributed by atoms with Gasteiger partial charge in [0.25, 0.3) is 0 Å². The molecule has 3 heteroatoms. The van der Waals surface area contributed by atoms with Crippen molar-refractivity contribution in [2.45, 2.75) is 63.3 Å². The minimum absolute atomic E-state index is 0.118. The summed E-state index contributed by atoms with van der Waals surface area (Å²) < 4.78 is 0. The van der Waals surface area contributed by atoms with Gasteiger partial charge in [-0.25, -0.2) is 0 Å². The molecule has 0 spiro atoms. The van der Waals surface area contributed by atoms with E-state index in [2.05, 4.69) is 4.90 Å². The van der Waals surface area contributed by atoms with Crippen molar-refractivity contribution in [2.75, 3.05) is 13.1 Å². The fourth-order valence-electron chi connectivity index (χ4n) is 3.51. The van der Waals surface area contributed by atoms with Crippen LogP contribution in [0.1, 0.15) is 57.8 Å². The van der Waals surface area contributed by atoms with Gasteiger partial charge in [-0.05, 0) is 38.8 Å². The average Bonchev–Trinajstić information content (AvgIpc) is 2.30. The number of nitrogens with zero attached hydrogens (tertiary/aromatic N) is 1. The molecule has 2 rings (SSSR count). The predicted octanol–water partition coefficient (Wildman–Crippen LogP) is 2.05. The van der Waals surface area contributed by atoms with Crippen LogP contribution in [0.15, 0.2) is 0 Å². The molecule has 2 N–H and O–H groups in total. The van der Waals surface area contributed by atoms with Gasteiger partial charge < -0.3 is 5.73 Å². The Morgan fingerprint density at radius 1 is 1.00 bits per heavy atom. The Balaban J connectivity index is 2.07. The van der Waals surface area contributed by atoms with E-state index in [4.69, 9.17) is 5.73 Å². The Labute approximate surface area is 98.4 Å². The Hall–Kier alpha value is -0.570. The van der Waals surface area contributed by atoms with Gasteiger partial charge in [0.15, 0.2) is 0 Å². The number of hydrogen-bond acceptors (Lipinski definition) is 2. The molecule has 3 nitrogen and oxygen atoms in total. The third kappa shape index (κ3) is 2.57. The quantitative estimate of drug-likeness (QED) is 0.797. The van der Waals surface area contributed by atoms with Crippen LogP contribution in [-0.2, 0) is 4.79 Å². The van der Waals surface area contributed by atoms with Crippen LogP contribution in [0.2, 0.25) is 0 Å². The van der Waals surface area contributed by atoms with Crippen LogP contribution < -0.4 is 5.73 Å². The van der Waals surface area contributed by atoms with E-state index >= 15 is 0 Å². The van der Waals surface area contributed by atoms with Gasteiger partial charge in [-0.15, -0.1) is 0 Å². The van der Waals surface area contributed by atoms with Gasteiger partial charge in [-0.1, -0.05) is 25.7 Å². The molecule has 2 fully saturated rings. The summed E-state index contributed by atoms with van der Waals surface area (Å²) in [5.41, 5.74) is 5.58. The number of piperidine rings is 1. The first-order valence-electron chi connectivity index (χ1n) is 6.76. The smallest absolute Gasteiger partial charge is 0.219 e. The highest BCUT2D eigenvalue weighted by atomic mass is 16.1. The van der Waals surface area contributed by atoms with Crippen molar-refractivity contribution in [2.24, 2.45) is 5.73 Å². The summed E-state index contributed by atoms with van der Waals surface area (Å²) in [6.45, 7) is 2.35. The summed E-state index contributed by atoms with van der Waals surface area (Å²) >= 11 is 0. The summed E-state index contributed by atoms with van der Waals surface area (Å²) in [6.07, 6.45) is 10.7. The largest absolute Gasteiger partial charge is 0.370 e. The first kappa shape index (κ1) is 11.9. The molecule has 0 unspecified atom stereocenters. The van der Waals surface area contributed by atoms with Crippen molar-refractivity contribution in [1.29, 1.82) is 0 Å². The van der Waals surface area contributed by atoms with Gasteiger partial charge >= 0.3 is 0 Å². The molecule has 1 aliphatic carbocycles. The van der Waals surface area contributed by atoms with Gasteiger partial charge in [0, 0.05) is 12.0 Å². The molecule has 1 heterocycles. The van der Waals surface area contributed by atoms with Crippen molar-refractivity contribution in [1.82, 2.24) is 4.90 Å². The molecular weight excluding hydrogens is 200 g/mol. The molecule has 1 saturated heterocycles. The summed E-state index contributed by atoms with van der Waals surface area (Å²) in [4.78, 5) is 13.9. The molecule has 0 radical (unpaired) electrons. The lowest BCUT2D eigenvalue weighted by atomic mass is 9.77. The minimum Gasteiger partial charge on any atom is -0.370 e. The highest BCUT2D eigenvalue weighted by Gasteiger charge is 2.39. The summed E-state index contributed by atoms with van der Waals surface area (Å²) in [6, 6.07) is 0. The van der Waals surface area contributed by atoms with E-state index in [1.165, 1.54) is 64.5 Å². The molecule has 1 amide bonds. The first-order chi connectivity index (χ1) is 7.73. The van der Waals surface area contributed by atoms with Crippen LogP contribution in [-0.4, -0.2) is 29.4 Å². The normalized spacial score (nSPS) is 26.5. The molecule has 0 atom stereocenters. The van der Waals surface area contributed by atoms with Crippen molar-refractivity contribution < 1.29 is 4.79 Å². The van der Waals surface area contributed by atoms with Crippen molar-refractivity contribution in [3.63, 3.8) is 0 Å². The van der Waals surface area contributed by atoms with E-state index in [-0.39, 0.29) is 11.4 Å². The Kier molecular flexibility index (Phi) is 3.85. The van der Waals surface area contributed by atoms with E-state index in [9.17, 15) is 4.79 Å². The lowest BCUT2D eigenvalue weighted by Crippen LogP contribution is -2.53. The molecule has 16 heavy (non-hydrogen) atoms. The fraction of sp³-hybridized carbons (Fsp3) is 0.923. The van der Waals surface area contributed by atoms with Crippen molar-refractivity contribution >= 4 is 5.91 Å². The van der Waals surface area contributed by atoms with E-state index in [0.717, 1.165) is 0 Å². The number of primary amides is 1. The molecule has 1 aliphatic heterocycles. The third-order valence-electron chi connectivity index (χ3n) is 4.31. The van der Waals surface area contributed by atoms with Crippen LogP contribution in [0.5, 0.6) is 0 Å². The zero-order valence-electron chi connectivity index (χ0n) is 10.2. The lowest BCUT2D eigenvalue weighted by Gasteiger charge is -2.47. The number of hydrogen-bond donors (Lipinski definition) is 1. The summed E-state index contributed by atoms with van der Waals surface area (Å²) in [5, 5.41) is 0. The van der Waals surface area contributed by atoms with Crippen LogP contribution in [0.3, 0.4) is 0 Å². The van der Waals surface area contributed by atoms with E-state index < -0.39 is 0 Å². The molecule has 2 aliphatic rings. The Bertz CT molecular complexity index is 240. The van der Waals surface area contributed by atoms with Gasteiger partial charge in [0.05, 0.1) is 0 Å². The predicted molar refractivity (Wildman–Crippen MR) is 65.1 cm³/mol. The van der Waals surface area contributed by atoms with Gasteiger partial charge in [-0.2, -0.15) is 0 Å². The Morgan fingerprint density at radius 2 is 1.56 bits per heavy atom. The molecule has 1 saturated carbocycles. The van der Waals surface area contributed by atoms with Crippen molar-refractivity contribution in [3.05, 3.63) is 0 Å². The number of carbonyl (C=O) groups is 1. The van der Waals surface area contributed by atoms with E-state index in [1.807, 2.05) is 0 Å². The SMILES string of the molecule is NC(=O)CC1(N2CCCCC2)CCCCC1. The topological polar surface area (TPSA) is 46.3 Å². The number of likely N-dealkylation sites (tertiary alicyclic amines) is 1. The second-order valence-electron chi connectivity index (χ2n) is 5.48. The molecule has 0 bridgehead atoms.